The van der Waals surface area contributed by atoms with E-state index < -0.39 is 12.3 Å². The van der Waals surface area contributed by atoms with Crippen molar-refractivity contribution in [2.24, 2.45) is 0 Å². The largest absolute Gasteiger partial charge is 0.503 e. The quantitative estimate of drug-likeness (QED) is 0.620. The molecule has 0 heterocycles. The van der Waals surface area contributed by atoms with Crippen LogP contribution in [0, 0.1) is 13.8 Å². The Morgan fingerprint density at radius 2 is 0.864 bits per heavy atom. The van der Waals surface area contributed by atoms with Crippen LogP contribution in [0.2, 0.25) is 0 Å². The molecule has 2 aromatic rings. The Kier molecular flexibility index (Phi) is 8.47. The second-order valence-corrected chi connectivity index (χ2v) is 4.19. The van der Waals surface area contributed by atoms with E-state index in [1.807, 2.05) is 0 Å². The topological polar surface area (TPSA) is 115 Å². The van der Waals surface area contributed by atoms with Gasteiger partial charge in [0, 0.05) is 0 Å². The van der Waals surface area contributed by atoms with Gasteiger partial charge >= 0.3 is 12.3 Å². The van der Waals surface area contributed by atoms with Crippen LogP contribution >= 0.6 is 0 Å². The van der Waals surface area contributed by atoms with Crippen LogP contribution in [0.4, 0.5) is 9.59 Å². The lowest BCUT2D eigenvalue weighted by atomic mass is 9.97. The summed E-state index contributed by atoms with van der Waals surface area (Å²) in [6.07, 6.45) is -3.67. The van der Waals surface area contributed by atoms with Crippen molar-refractivity contribution in [2.45, 2.75) is 13.8 Å². The molecule has 118 valence electrons. The molecule has 22 heavy (non-hydrogen) atoms. The zero-order valence-electron chi connectivity index (χ0n) is 12.2. The normalized spacial score (nSPS) is 8.64. The summed E-state index contributed by atoms with van der Waals surface area (Å²) in [6.45, 7) is 4.31. The summed E-state index contributed by atoms with van der Waals surface area (Å²) in [5.74, 6) is 0. The average molecular weight is 306 g/mol. The number of benzene rings is 2. The molecule has 4 N–H and O–H groups in total. The van der Waals surface area contributed by atoms with E-state index in [0.29, 0.717) is 0 Å². The Labute approximate surface area is 127 Å². The first-order valence-electron chi connectivity index (χ1n) is 6.21. The van der Waals surface area contributed by atoms with Crippen LogP contribution in [0.1, 0.15) is 11.1 Å². The summed E-state index contributed by atoms with van der Waals surface area (Å²) >= 11 is 0. The minimum absolute atomic E-state index is 1.34. The van der Waals surface area contributed by atoms with Gasteiger partial charge in [-0.05, 0) is 36.1 Å². The van der Waals surface area contributed by atoms with Crippen LogP contribution in [0.15, 0.2) is 48.5 Å². The van der Waals surface area contributed by atoms with Crippen molar-refractivity contribution in [3.63, 3.8) is 0 Å². The molecule has 0 saturated heterocycles. The minimum atomic E-state index is -1.83. The van der Waals surface area contributed by atoms with Gasteiger partial charge in [-0.15, -0.1) is 0 Å². The number of carbonyl (C=O) groups is 2. The molecule has 0 unspecified atom stereocenters. The van der Waals surface area contributed by atoms with Gasteiger partial charge in [0.05, 0.1) is 0 Å². The number of hydrogen-bond acceptors (Lipinski definition) is 2. The summed E-state index contributed by atoms with van der Waals surface area (Å²) in [5, 5.41) is 27.9. The van der Waals surface area contributed by atoms with E-state index in [1.54, 1.807) is 0 Å². The van der Waals surface area contributed by atoms with Gasteiger partial charge in [-0.25, -0.2) is 9.59 Å². The number of carboxylic acid groups (broad SMARTS) is 4. The molecule has 0 aliphatic rings. The van der Waals surface area contributed by atoms with Crippen molar-refractivity contribution >= 4 is 12.3 Å². The molecule has 0 aromatic heterocycles. The Bertz CT molecular complexity index is 558. The highest BCUT2D eigenvalue weighted by atomic mass is 16.6. The molecule has 0 radical (unpaired) electrons. The van der Waals surface area contributed by atoms with E-state index >= 15 is 0 Å². The van der Waals surface area contributed by atoms with E-state index in [-0.39, 0.29) is 0 Å². The second kappa shape index (κ2) is 9.82. The second-order valence-electron chi connectivity index (χ2n) is 4.19. The zero-order valence-corrected chi connectivity index (χ0v) is 12.2. The maximum Gasteiger partial charge on any atom is 0.503 e. The molecule has 0 saturated carbocycles. The lowest BCUT2D eigenvalue weighted by Gasteiger charge is -2.08. The molecule has 6 nitrogen and oxygen atoms in total. The first-order chi connectivity index (χ1) is 10.3. The van der Waals surface area contributed by atoms with Gasteiger partial charge in [0.15, 0.2) is 0 Å². The van der Waals surface area contributed by atoms with E-state index in [0.717, 1.165) is 0 Å². The maximum atomic E-state index is 8.56. The number of rotatable bonds is 1. The molecule has 0 atom stereocenters. The summed E-state index contributed by atoms with van der Waals surface area (Å²) in [7, 11) is 0. The Morgan fingerprint density at radius 3 is 1.09 bits per heavy atom. The fourth-order valence-corrected chi connectivity index (χ4v) is 1.75. The zero-order chi connectivity index (χ0) is 17.1. The van der Waals surface area contributed by atoms with Crippen molar-refractivity contribution in [1.29, 1.82) is 0 Å². The van der Waals surface area contributed by atoms with Crippen LogP contribution < -0.4 is 0 Å². The fourth-order valence-electron chi connectivity index (χ4n) is 1.75. The van der Waals surface area contributed by atoms with Crippen LogP contribution in [0.3, 0.4) is 0 Å². The standard InChI is InChI=1S/C14H14.2CH2O3/c1-11-7-3-5-9-13(11)14-10-6-4-8-12(14)2;2*2-1(3)4/h3-10H,1-2H3;2*(H2,2,3,4). The van der Waals surface area contributed by atoms with E-state index in [9.17, 15) is 0 Å². The summed E-state index contributed by atoms with van der Waals surface area (Å²) < 4.78 is 0. The predicted molar refractivity (Wildman–Crippen MR) is 82.7 cm³/mol. The van der Waals surface area contributed by atoms with Crippen LogP contribution in [-0.2, 0) is 0 Å². The summed E-state index contributed by atoms with van der Waals surface area (Å²) in [6, 6.07) is 17.0. The minimum Gasteiger partial charge on any atom is -0.450 e. The summed E-state index contributed by atoms with van der Waals surface area (Å²) in [4.78, 5) is 17.1. The fraction of sp³-hybridized carbons (Fsp3) is 0.125. The first kappa shape index (κ1) is 19.0. The molecule has 0 bridgehead atoms. The molecule has 0 aliphatic carbocycles. The van der Waals surface area contributed by atoms with Gasteiger partial charge in [0.2, 0.25) is 0 Å². The van der Waals surface area contributed by atoms with E-state index in [4.69, 9.17) is 30.0 Å². The Balaban J connectivity index is 0.000000464. The van der Waals surface area contributed by atoms with Crippen LogP contribution in [-0.4, -0.2) is 32.7 Å². The Morgan fingerprint density at radius 1 is 0.636 bits per heavy atom. The lowest BCUT2D eigenvalue weighted by Crippen LogP contribution is -1.85. The molecular weight excluding hydrogens is 288 g/mol. The van der Waals surface area contributed by atoms with E-state index in [1.165, 1.54) is 22.3 Å². The van der Waals surface area contributed by atoms with Crippen LogP contribution in [0.5, 0.6) is 0 Å². The van der Waals surface area contributed by atoms with Gasteiger partial charge in [0.1, 0.15) is 0 Å². The molecule has 0 amide bonds. The van der Waals surface area contributed by atoms with Crippen molar-refractivity contribution < 1.29 is 30.0 Å². The number of hydrogen-bond donors (Lipinski definition) is 4. The highest BCUT2D eigenvalue weighted by Crippen LogP contribution is 2.25. The number of aryl methyl sites for hydroxylation is 2. The third-order valence-electron chi connectivity index (χ3n) is 2.58. The monoisotopic (exact) mass is 306 g/mol. The van der Waals surface area contributed by atoms with Crippen molar-refractivity contribution in [1.82, 2.24) is 0 Å². The molecule has 2 aromatic carbocycles. The third-order valence-corrected chi connectivity index (χ3v) is 2.58. The maximum absolute atomic E-state index is 8.56. The van der Waals surface area contributed by atoms with Crippen molar-refractivity contribution in [3.8, 4) is 11.1 Å². The highest BCUT2D eigenvalue weighted by molar-refractivity contribution is 5.70. The smallest absolute Gasteiger partial charge is 0.450 e. The predicted octanol–water partition coefficient (Wildman–Crippen LogP) is 4.42. The molecule has 0 aliphatic heterocycles. The van der Waals surface area contributed by atoms with Gasteiger partial charge in [-0.1, -0.05) is 48.5 Å². The third kappa shape index (κ3) is 8.21. The first-order valence-corrected chi connectivity index (χ1v) is 6.21. The highest BCUT2D eigenvalue weighted by Gasteiger charge is 2.02. The van der Waals surface area contributed by atoms with Crippen LogP contribution in [0.25, 0.3) is 11.1 Å². The molecule has 6 heteroatoms. The SMILES string of the molecule is Cc1ccccc1-c1ccccc1C.O=C(O)O.O=C(O)O. The molecule has 2 rings (SSSR count). The molecule has 0 spiro atoms. The van der Waals surface area contributed by atoms with Gasteiger partial charge < -0.3 is 20.4 Å². The van der Waals surface area contributed by atoms with E-state index in [2.05, 4.69) is 62.4 Å². The average Bonchev–Trinajstić information content (AvgIpc) is 2.39. The van der Waals surface area contributed by atoms with Crippen molar-refractivity contribution in [3.05, 3.63) is 59.7 Å². The molecular formula is C16H18O6. The van der Waals surface area contributed by atoms with Gasteiger partial charge in [-0.2, -0.15) is 0 Å². The van der Waals surface area contributed by atoms with Gasteiger partial charge in [0.25, 0.3) is 0 Å². The lowest BCUT2D eigenvalue weighted by molar-refractivity contribution is 0.135. The summed E-state index contributed by atoms with van der Waals surface area (Å²) in [5.41, 5.74) is 5.35. The Hall–Kier alpha value is -3.02. The molecule has 0 fully saturated rings. The van der Waals surface area contributed by atoms with Gasteiger partial charge in [-0.3, -0.25) is 0 Å². The van der Waals surface area contributed by atoms with Crippen molar-refractivity contribution in [2.75, 3.05) is 0 Å².